The Morgan fingerprint density at radius 3 is 2.33 bits per heavy atom. The first-order valence-corrected chi connectivity index (χ1v) is 17.3. The Kier molecular flexibility index (Phi) is 11.2. The Bertz CT molecular complexity index is 1700. The van der Waals surface area contributed by atoms with E-state index in [2.05, 4.69) is 24.6 Å². The fourth-order valence-corrected chi connectivity index (χ4v) is 7.09. The van der Waals surface area contributed by atoms with Gasteiger partial charge in [-0.05, 0) is 19.0 Å². The van der Waals surface area contributed by atoms with Gasteiger partial charge in [-0.2, -0.15) is 8.88 Å². The summed E-state index contributed by atoms with van der Waals surface area (Å²) in [5.41, 5.74) is 11.4. The van der Waals surface area contributed by atoms with Crippen LogP contribution >= 0.6 is 15.6 Å². The van der Waals surface area contributed by atoms with Crippen molar-refractivity contribution in [3.63, 3.8) is 0 Å². The SMILES string of the molecule is NCCCNc1ncnc2c1ncn2[C@@H]1O[C@H](COP(=O)(O)OP(=O)(O)OC[C@H]2O[C@@H]([n+]3cccc(C(N)=O)c3)[C@H](O)[C@@H]2O)[C@@H](O)[C@H]1O. The predicted molar refractivity (Wildman–Crippen MR) is 157 cm³/mol. The van der Waals surface area contributed by atoms with Crippen LogP contribution in [0.15, 0.2) is 37.2 Å². The van der Waals surface area contributed by atoms with Gasteiger partial charge < -0.3 is 56.5 Å². The zero-order chi connectivity index (χ0) is 34.8. The molecular weight excluding hydrogens is 686 g/mol. The van der Waals surface area contributed by atoms with E-state index < -0.39 is 83.8 Å². The zero-order valence-electron chi connectivity index (χ0n) is 24.9. The van der Waals surface area contributed by atoms with E-state index >= 15 is 0 Å². The van der Waals surface area contributed by atoms with Crippen LogP contribution in [0.25, 0.3) is 11.2 Å². The van der Waals surface area contributed by atoms with E-state index in [-0.39, 0.29) is 11.2 Å². The molecule has 0 bridgehead atoms. The number of nitrogens with zero attached hydrogens (tertiary/aromatic N) is 5. The predicted octanol–water partition coefficient (Wildman–Crippen LogP) is -2.84. The van der Waals surface area contributed by atoms with Gasteiger partial charge in [-0.1, -0.05) is 0 Å². The molecule has 0 spiro atoms. The number of aliphatic hydroxyl groups is 4. The number of carbonyl (C=O) groups is 1. The molecule has 2 saturated heterocycles. The summed E-state index contributed by atoms with van der Waals surface area (Å²) >= 11 is 0. The standard InChI is InChI=1S/C24H34N8O14P2/c25-4-2-5-27-21-15-22(29-10-28-21)32(11-30-15)24-19(36)17(34)14(45-24)9-43-48(40,41)46-47(38,39)42-8-13-16(33)18(35)23(44-13)31-6-1-3-12(7-31)20(26)37/h1,3,6-7,10-11,13-14,16-19,23-24,33-36H,2,4-5,8-9,25H2,(H4-,26,27,28,29,37,38,39,40,41)/p+1/t13-,14-,16-,17-,18-,19-,23-,24-/m1/s1. The number of fused-ring (bicyclic) bond motifs is 1. The highest BCUT2D eigenvalue weighted by atomic mass is 31.3. The highest BCUT2D eigenvalue weighted by Crippen LogP contribution is 2.60. The Labute approximate surface area is 271 Å². The monoisotopic (exact) mass is 721 g/mol. The minimum atomic E-state index is -5.38. The maximum atomic E-state index is 12.5. The molecule has 5 rings (SSSR count). The highest BCUT2D eigenvalue weighted by Gasteiger charge is 2.50. The number of imidazole rings is 1. The molecule has 3 aromatic heterocycles. The largest absolute Gasteiger partial charge is 0.481 e. The van der Waals surface area contributed by atoms with Crippen LogP contribution < -0.4 is 21.4 Å². The number of anilines is 1. The second kappa shape index (κ2) is 14.8. The van der Waals surface area contributed by atoms with Crippen LogP contribution in [0.5, 0.6) is 0 Å². The minimum absolute atomic E-state index is 0.0700. The van der Waals surface area contributed by atoms with E-state index in [1.807, 2.05) is 0 Å². The number of carbonyl (C=O) groups excluding carboxylic acids is 1. The number of pyridine rings is 1. The molecule has 0 aromatic carbocycles. The maximum Gasteiger partial charge on any atom is 0.481 e. The molecule has 2 aliphatic heterocycles. The Hall–Kier alpha value is -3.05. The van der Waals surface area contributed by atoms with Crippen molar-refractivity contribution in [3.05, 3.63) is 42.7 Å². The number of hydrogen-bond donors (Lipinski definition) is 9. The molecule has 48 heavy (non-hydrogen) atoms. The molecule has 0 aliphatic carbocycles. The van der Waals surface area contributed by atoms with Crippen molar-refractivity contribution in [1.29, 1.82) is 0 Å². The topological polar surface area (TPSA) is 330 Å². The van der Waals surface area contributed by atoms with Crippen molar-refractivity contribution in [2.45, 2.75) is 55.5 Å². The lowest BCUT2D eigenvalue weighted by Gasteiger charge is -2.20. The number of nitrogens with one attached hydrogen (secondary N) is 1. The van der Waals surface area contributed by atoms with Crippen LogP contribution in [-0.2, 0) is 32.0 Å². The molecule has 1 amide bonds. The summed E-state index contributed by atoms with van der Waals surface area (Å²) in [6, 6.07) is 2.84. The molecule has 0 radical (unpaired) electrons. The van der Waals surface area contributed by atoms with E-state index in [1.165, 1.54) is 46.3 Å². The average molecular weight is 722 g/mol. The van der Waals surface area contributed by atoms with Crippen molar-refractivity contribution in [2.24, 2.45) is 11.5 Å². The lowest BCUT2D eigenvalue weighted by molar-refractivity contribution is -0.765. The molecule has 0 saturated carbocycles. The number of aromatic nitrogens is 5. The first-order chi connectivity index (χ1) is 22.7. The van der Waals surface area contributed by atoms with Gasteiger partial charge in [-0.25, -0.2) is 24.1 Å². The lowest BCUT2D eigenvalue weighted by atomic mass is 10.1. The van der Waals surface area contributed by atoms with Crippen molar-refractivity contribution >= 4 is 38.5 Å². The van der Waals surface area contributed by atoms with Crippen LogP contribution in [-0.4, -0.2) is 119 Å². The third-order valence-corrected chi connectivity index (χ3v) is 9.99. The van der Waals surface area contributed by atoms with Gasteiger partial charge in [0.05, 0.1) is 19.5 Å². The van der Waals surface area contributed by atoms with Gasteiger partial charge >= 0.3 is 15.6 Å². The number of nitrogens with two attached hydrogens (primary N) is 2. The third kappa shape index (κ3) is 8.04. The molecule has 2 fully saturated rings. The fourth-order valence-electron chi connectivity index (χ4n) is 5.00. The van der Waals surface area contributed by atoms with Gasteiger partial charge in [0.25, 0.3) is 12.1 Å². The summed E-state index contributed by atoms with van der Waals surface area (Å²) in [5, 5.41) is 45.1. The van der Waals surface area contributed by atoms with Crippen molar-refractivity contribution in [2.75, 3.05) is 31.6 Å². The number of ether oxygens (including phenoxy) is 2. The Morgan fingerprint density at radius 1 is 1.00 bits per heavy atom. The van der Waals surface area contributed by atoms with Crippen LogP contribution in [0.3, 0.4) is 0 Å². The number of phosphoric acid groups is 2. The van der Waals surface area contributed by atoms with Crippen molar-refractivity contribution in [3.8, 4) is 0 Å². The summed E-state index contributed by atoms with van der Waals surface area (Å²) < 4.78 is 52.5. The molecule has 2 unspecified atom stereocenters. The summed E-state index contributed by atoms with van der Waals surface area (Å²) in [4.78, 5) is 44.2. The van der Waals surface area contributed by atoms with Crippen LogP contribution in [0.4, 0.5) is 5.82 Å². The number of phosphoric ester groups is 2. The van der Waals surface area contributed by atoms with Gasteiger partial charge in [0, 0.05) is 12.6 Å². The summed E-state index contributed by atoms with van der Waals surface area (Å²) in [7, 11) is -10.8. The molecule has 264 valence electrons. The lowest BCUT2D eigenvalue weighted by Crippen LogP contribution is -2.46. The summed E-state index contributed by atoms with van der Waals surface area (Å²) in [6.45, 7) is -0.825. The van der Waals surface area contributed by atoms with Gasteiger partial charge in [-0.15, -0.1) is 0 Å². The van der Waals surface area contributed by atoms with Gasteiger partial charge in [-0.3, -0.25) is 18.4 Å². The Balaban J connectivity index is 1.16. The number of aliphatic hydroxyl groups excluding tert-OH is 4. The van der Waals surface area contributed by atoms with Gasteiger partial charge in [0.1, 0.15) is 42.4 Å². The smallest absolute Gasteiger partial charge is 0.387 e. The maximum absolute atomic E-state index is 12.5. The van der Waals surface area contributed by atoms with Crippen molar-refractivity contribution < 1.29 is 71.5 Å². The molecule has 11 N–H and O–H groups in total. The van der Waals surface area contributed by atoms with Gasteiger partial charge in [0.2, 0.25) is 0 Å². The second-order valence-electron chi connectivity index (χ2n) is 10.7. The van der Waals surface area contributed by atoms with E-state index in [9.17, 15) is 44.1 Å². The van der Waals surface area contributed by atoms with E-state index in [0.717, 1.165) is 0 Å². The molecule has 2 aliphatic rings. The number of amides is 1. The number of rotatable bonds is 15. The van der Waals surface area contributed by atoms with Crippen molar-refractivity contribution in [1.82, 2.24) is 19.5 Å². The summed E-state index contributed by atoms with van der Waals surface area (Å²) in [6.07, 6.45) is -6.00. The molecule has 5 heterocycles. The quantitative estimate of drug-likeness (QED) is 0.0433. The van der Waals surface area contributed by atoms with Crippen LogP contribution in [0, 0.1) is 0 Å². The van der Waals surface area contributed by atoms with Crippen LogP contribution in [0.2, 0.25) is 0 Å². The number of primary amides is 1. The zero-order valence-corrected chi connectivity index (χ0v) is 26.6. The Morgan fingerprint density at radius 2 is 1.67 bits per heavy atom. The number of hydrogen-bond acceptors (Lipinski definition) is 17. The van der Waals surface area contributed by atoms with Crippen LogP contribution in [0.1, 0.15) is 29.2 Å². The molecule has 10 atom stereocenters. The molecule has 24 heteroatoms. The molecule has 22 nitrogen and oxygen atoms in total. The first-order valence-electron chi connectivity index (χ1n) is 14.3. The molecular formula is C24H35N8O14P2+. The first kappa shape index (κ1) is 36.2. The van der Waals surface area contributed by atoms with E-state index in [1.54, 1.807) is 0 Å². The van der Waals surface area contributed by atoms with E-state index in [4.69, 9.17) is 30.0 Å². The third-order valence-electron chi connectivity index (χ3n) is 7.39. The normalized spacial score (nSPS) is 29.9. The minimum Gasteiger partial charge on any atom is -0.387 e. The average Bonchev–Trinajstić information content (AvgIpc) is 3.68. The summed E-state index contributed by atoms with van der Waals surface area (Å²) in [5.74, 6) is -0.368. The second-order valence-corrected chi connectivity index (χ2v) is 13.8. The van der Waals surface area contributed by atoms with E-state index in [0.29, 0.717) is 30.8 Å². The fraction of sp³-hybridized carbons (Fsp3) is 0.542. The molecule has 3 aromatic rings. The van der Waals surface area contributed by atoms with Gasteiger partial charge in [0.15, 0.2) is 41.7 Å². The highest BCUT2D eigenvalue weighted by molar-refractivity contribution is 7.61.